The molecule has 7 heteroatoms. The molecule has 4 rings (SSSR count). The first-order chi connectivity index (χ1) is 14.9. The van der Waals surface area contributed by atoms with Crippen LogP contribution in [0.5, 0.6) is 0 Å². The van der Waals surface area contributed by atoms with E-state index in [0.717, 1.165) is 11.1 Å². The second-order valence-electron chi connectivity index (χ2n) is 7.04. The first kappa shape index (κ1) is 20.4. The van der Waals surface area contributed by atoms with Gasteiger partial charge in [0.05, 0.1) is 5.56 Å². The third-order valence-corrected chi connectivity index (χ3v) is 5.18. The third-order valence-electron chi connectivity index (χ3n) is 4.93. The standard InChI is InChI=1S/C24H18ClN3O3/c25-17-9-5-15(6-10-17)13-28-14-20(19-3-1-2-4-21(19)28)22(29)24(31)27-18-11-7-16(8-12-18)23(26)30/h1-12,14H,13H2,(H2,26,30)(H,27,31). The highest BCUT2D eigenvalue weighted by Gasteiger charge is 2.22. The van der Waals surface area contributed by atoms with E-state index in [0.29, 0.717) is 33.8 Å². The molecule has 1 heterocycles. The molecule has 2 amide bonds. The van der Waals surface area contributed by atoms with Crippen molar-refractivity contribution in [1.29, 1.82) is 0 Å². The van der Waals surface area contributed by atoms with E-state index in [9.17, 15) is 14.4 Å². The van der Waals surface area contributed by atoms with Crippen LogP contribution in [0.15, 0.2) is 79.0 Å². The van der Waals surface area contributed by atoms with Crippen molar-refractivity contribution in [3.63, 3.8) is 0 Å². The Morgan fingerprint density at radius 1 is 0.903 bits per heavy atom. The molecule has 0 aliphatic heterocycles. The van der Waals surface area contributed by atoms with Crippen molar-refractivity contribution in [2.45, 2.75) is 6.54 Å². The van der Waals surface area contributed by atoms with Crippen molar-refractivity contribution in [1.82, 2.24) is 4.57 Å². The van der Waals surface area contributed by atoms with Gasteiger partial charge in [-0.05, 0) is 48.0 Å². The van der Waals surface area contributed by atoms with Gasteiger partial charge in [-0.3, -0.25) is 14.4 Å². The number of benzene rings is 3. The lowest BCUT2D eigenvalue weighted by Gasteiger charge is -2.05. The number of Topliss-reactive ketones (excluding diaryl/α,β-unsaturated/α-hetero) is 1. The number of halogens is 1. The summed E-state index contributed by atoms with van der Waals surface area (Å²) >= 11 is 5.96. The normalized spacial score (nSPS) is 10.7. The lowest BCUT2D eigenvalue weighted by atomic mass is 10.1. The minimum absolute atomic E-state index is 0.314. The number of aromatic nitrogens is 1. The van der Waals surface area contributed by atoms with Gasteiger partial charge in [0.25, 0.3) is 11.7 Å². The largest absolute Gasteiger partial charge is 0.366 e. The quantitative estimate of drug-likeness (QED) is 0.352. The number of hydrogen-bond donors (Lipinski definition) is 2. The Morgan fingerprint density at radius 2 is 1.58 bits per heavy atom. The number of carbonyl (C=O) groups is 3. The molecular formula is C24H18ClN3O3. The van der Waals surface area contributed by atoms with Crippen molar-refractivity contribution in [2.24, 2.45) is 5.73 Å². The number of hydrogen-bond acceptors (Lipinski definition) is 3. The zero-order valence-electron chi connectivity index (χ0n) is 16.3. The molecule has 0 fully saturated rings. The molecule has 0 unspecified atom stereocenters. The highest BCUT2D eigenvalue weighted by Crippen LogP contribution is 2.24. The van der Waals surface area contributed by atoms with Gasteiger partial charge in [0.1, 0.15) is 0 Å². The Kier molecular flexibility index (Phi) is 5.56. The van der Waals surface area contributed by atoms with E-state index in [1.165, 1.54) is 24.3 Å². The maximum absolute atomic E-state index is 12.9. The van der Waals surface area contributed by atoms with Crippen LogP contribution in [-0.4, -0.2) is 22.2 Å². The van der Waals surface area contributed by atoms with Gasteiger partial charge < -0.3 is 15.6 Å². The van der Waals surface area contributed by atoms with E-state index in [2.05, 4.69) is 5.32 Å². The molecule has 6 nitrogen and oxygen atoms in total. The summed E-state index contributed by atoms with van der Waals surface area (Å²) in [5.74, 6) is -1.98. The van der Waals surface area contributed by atoms with Crippen LogP contribution in [0.25, 0.3) is 10.9 Å². The number of rotatable bonds is 6. The number of carbonyl (C=O) groups excluding carboxylic acids is 3. The lowest BCUT2D eigenvalue weighted by molar-refractivity contribution is -0.112. The minimum Gasteiger partial charge on any atom is -0.366 e. The SMILES string of the molecule is NC(=O)c1ccc(NC(=O)C(=O)c2cn(Cc3ccc(Cl)cc3)c3ccccc23)cc1. The van der Waals surface area contributed by atoms with E-state index in [-0.39, 0.29) is 0 Å². The topological polar surface area (TPSA) is 94.2 Å². The van der Waals surface area contributed by atoms with Crippen molar-refractivity contribution < 1.29 is 14.4 Å². The summed E-state index contributed by atoms with van der Waals surface area (Å²) in [5, 5.41) is 3.92. The van der Waals surface area contributed by atoms with Crippen LogP contribution in [0.3, 0.4) is 0 Å². The molecule has 3 N–H and O–H groups in total. The van der Waals surface area contributed by atoms with Crippen molar-refractivity contribution in [3.05, 3.63) is 101 Å². The number of nitrogens with one attached hydrogen (secondary N) is 1. The molecule has 0 bridgehead atoms. The van der Waals surface area contributed by atoms with Crippen molar-refractivity contribution in [3.8, 4) is 0 Å². The summed E-state index contributed by atoms with van der Waals surface area (Å²) in [6.45, 7) is 0.529. The molecule has 0 saturated heterocycles. The summed E-state index contributed by atoms with van der Waals surface area (Å²) in [5.41, 5.74) is 8.11. The van der Waals surface area contributed by atoms with Gasteiger partial charge in [-0.25, -0.2) is 0 Å². The van der Waals surface area contributed by atoms with E-state index >= 15 is 0 Å². The fourth-order valence-corrected chi connectivity index (χ4v) is 3.50. The zero-order valence-corrected chi connectivity index (χ0v) is 17.1. The van der Waals surface area contributed by atoms with Crippen LogP contribution in [-0.2, 0) is 11.3 Å². The molecule has 0 saturated carbocycles. The molecule has 0 radical (unpaired) electrons. The Bertz CT molecular complexity index is 1290. The van der Waals surface area contributed by atoms with Gasteiger partial charge in [-0.15, -0.1) is 0 Å². The van der Waals surface area contributed by atoms with E-state index < -0.39 is 17.6 Å². The number of fused-ring (bicyclic) bond motifs is 1. The number of amides is 2. The van der Waals surface area contributed by atoms with Crippen LogP contribution in [0.2, 0.25) is 5.02 Å². The predicted molar refractivity (Wildman–Crippen MR) is 120 cm³/mol. The zero-order chi connectivity index (χ0) is 22.0. The molecule has 154 valence electrons. The average Bonchev–Trinajstić information content (AvgIpc) is 3.13. The molecular weight excluding hydrogens is 414 g/mol. The van der Waals surface area contributed by atoms with E-state index in [1.54, 1.807) is 6.20 Å². The summed E-state index contributed by atoms with van der Waals surface area (Å²) in [6.07, 6.45) is 1.69. The van der Waals surface area contributed by atoms with Crippen molar-refractivity contribution >= 4 is 45.8 Å². The predicted octanol–water partition coefficient (Wildman–Crippen LogP) is 4.26. The molecule has 0 aliphatic carbocycles. The minimum atomic E-state index is -0.763. The van der Waals surface area contributed by atoms with Crippen LogP contribution < -0.4 is 11.1 Å². The van der Waals surface area contributed by atoms with E-state index in [1.807, 2.05) is 53.1 Å². The monoisotopic (exact) mass is 431 g/mol. The van der Waals surface area contributed by atoms with Gasteiger partial charge in [0.2, 0.25) is 5.91 Å². The molecule has 4 aromatic rings. The van der Waals surface area contributed by atoms with E-state index in [4.69, 9.17) is 17.3 Å². The smallest absolute Gasteiger partial charge is 0.296 e. The Labute approximate surface area is 183 Å². The Morgan fingerprint density at radius 3 is 2.26 bits per heavy atom. The Hall–Kier alpha value is -3.90. The maximum atomic E-state index is 12.9. The first-order valence-corrected chi connectivity index (χ1v) is 9.88. The molecule has 1 aromatic heterocycles. The van der Waals surface area contributed by atoms with Crippen LogP contribution in [0.1, 0.15) is 26.3 Å². The number of anilines is 1. The van der Waals surface area contributed by atoms with Gasteiger partial charge in [0, 0.05) is 39.9 Å². The second kappa shape index (κ2) is 8.45. The molecule has 31 heavy (non-hydrogen) atoms. The number of ketones is 1. The number of nitrogens with zero attached hydrogens (tertiary/aromatic N) is 1. The summed E-state index contributed by atoms with van der Waals surface area (Å²) in [7, 11) is 0. The van der Waals surface area contributed by atoms with Gasteiger partial charge >= 0.3 is 0 Å². The number of para-hydroxylation sites is 1. The third kappa shape index (κ3) is 4.34. The molecule has 0 spiro atoms. The second-order valence-corrected chi connectivity index (χ2v) is 7.48. The van der Waals surface area contributed by atoms with Gasteiger partial charge in [-0.2, -0.15) is 0 Å². The molecule has 0 aliphatic rings. The summed E-state index contributed by atoms with van der Waals surface area (Å²) in [4.78, 5) is 36.7. The highest BCUT2D eigenvalue weighted by atomic mass is 35.5. The lowest BCUT2D eigenvalue weighted by Crippen LogP contribution is -2.22. The van der Waals surface area contributed by atoms with Crippen molar-refractivity contribution in [2.75, 3.05) is 5.32 Å². The van der Waals surface area contributed by atoms with Crippen LogP contribution in [0, 0.1) is 0 Å². The maximum Gasteiger partial charge on any atom is 0.296 e. The number of nitrogens with two attached hydrogens (primary N) is 1. The fourth-order valence-electron chi connectivity index (χ4n) is 3.37. The average molecular weight is 432 g/mol. The highest BCUT2D eigenvalue weighted by molar-refractivity contribution is 6.48. The summed E-state index contributed by atoms with van der Waals surface area (Å²) < 4.78 is 1.93. The summed E-state index contributed by atoms with van der Waals surface area (Å²) in [6, 6.07) is 20.9. The Balaban J connectivity index is 1.60. The van der Waals surface area contributed by atoms with Gasteiger partial charge in [-0.1, -0.05) is 41.9 Å². The first-order valence-electron chi connectivity index (χ1n) is 9.50. The molecule has 0 atom stereocenters. The van der Waals surface area contributed by atoms with Gasteiger partial charge in [0.15, 0.2) is 0 Å². The number of primary amides is 1. The fraction of sp³-hybridized carbons (Fsp3) is 0.0417. The van der Waals surface area contributed by atoms with Crippen LogP contribution in [0.4, 0.5) is 5.69 Å². The van der Waals surface area contributed by atoms with Crippen LogP contribution >= 0.6 is 11.6 Å². The molecule has 3 aromatic carbocycles.